The first-order valence-corrected chi connectivity index (χ1v) is 8.93. The van der Waals surface area contributed by atoms with Gasteiger partial charge >= 0.3 is 0 Å². The molecule has 2 amide bonds. The largest absolute Gasteiger partial charge is 0.394 e. The van der Waals surface area contributed by atoms with Gasteiger partial charge in [0.1, 0.15) is 0 Å². The van der Waals surface area contributed by atoms with Crippen LogP contribution in [0.2, 0.25) is 0 Å². The number of piperidine rings is 1. The third-order valence-corrected chi connectivity index (χ3v) is 5.80. The smallest absolute Gasteiger partial charge is 0.236 e. The van der Waals surface area contributed by atoms with Crippen LogP contribution in [0.1, 0.15) is 26.7 Å². The zero-order chi connectivity index (χ0) is 17.3. The van der Waals surface area contributed by atoms with E-state index in [2.05, 4.69) is 4.90 Å². The number of morpholine rings is 1. The van der Waals surface area contributed by atoms with Crippen LogP contribution in [0.3, 0.4) is 0 Å². The van der Waals surface area contributed by atoms with Gasteiger partial charge in [0.05, 0.1) is 31.9 Å². The Hall–Kier alpha value is -1.18. The Labute approximate surface area is 143 Å². The Kier molecular flexibility index (Phi) is 5.13. The fraction of sp³-hybridized carbons (Fsp3) is 0.882. The molecule has 3 fully saturated rings. The number of carbonyl (C=O) groups excluding carboxylic acids is 2. The van der Waals surface area contributed by atoms with Crippen molar-refractivity contribution in [3.05, 3.63) is 0 Å². The van der Waals surface area contributed by atoms with E-state index in [0.717, 1.165) is 25.9 Å². The summed E-state index contributed by atoms with van der Waals surface area (Å²) in [4.78, 5) is 30.5. The number of hydrogen-bond acceptors (Lipinski definition) is 5. The number of aliphatic hydroxyl groups excluding tert-OH is 1. The number of aliphatic hydroxyl groups is 1. The lowest BCUT2D eigenvalue weighted by Gasteiger charge is -2.40. The molecule has 136 valence electrons. The second-order valence-corrected chi connectivity index (χ2v) is 7.59. The van der Waals surface area contributed by atoms with Gasteiger partial charge in [0.25, 0.3) is 0 Å². The van der Waals surface area contributed by atoms with Gasteiger partial charge in [0.15, 0.2) is 0 Å². The molecular weight excluding hydrogens is 310 g/mol. The second-order valence-electron chi connectivity index (χ2n) is 7.59. The summed E-state index contributed by atoms with van der Waals surface area (Å²) in [5, 5.41) is 9.79. The van der Waals surface area contributed by atoms with Gasteiger partial charge in [-0.05, 0) is 25.7 Å². The maximum Gasteiger partial charge on any atom is 0.236 e. The molecule has 0 aromatic carbocycles. The first-order chi connectivity index (χ1) is 11.4. The highest BCUT2D eigenvalue weighted by Gasteiger charge is 2.51. The molecule has 0 aromatic rings. The summed E-state index contributed by atoms with van der Waals surface area (Å²) in [5.74, 6) is 0.539. The van der Waals surface area contributed by atoms with Gasteiger partial charge in [-0.1, -0.05) is 0 Å². The third kappa shape index (κ3) is 3.30. The predicted octanol–water partition coefficient (Wildman–Crippen LogP) is -0.461. The lowest BCUT2D eigenvalue weighted by atomic mass is 9.89. The van der Waals surface area contributed by atoms with E-state index in [4.69, 9.17) is 4.74 Å². The molecule has 3 saturated heterocycles. The standard InChI is InChI=1S/C17H29N3O4/c1-13(22)20-15-3-4-18(10-14(15)9-17(20,2)12-21)11-16(23)19-5-7-24-8-6-19/h14-15,21H,3-12H2,1-2H3/t14-,15-,17+/m0/s1. The van der Waals surface area contributed by atoms with Crippen LogP contribution < -0.4 is 0 Å². The lowest BCUT2D eigenvalue weighted by Crippen LogP contribution is -2.54. The van der Waals surface area contributed by atoms with Gasteiger partial charge < -0.3 is 19.6 Å². The Morgan fingerprint density at radius 2 is 1.96 bits per heavy atom. The van der Waals surface area contributed by atoms with E-state index in [-0.39, 0.29) is 24.5 Å². The molecule has 7 heteroatoms. The molecular formula is C17H29N3O4. The van der Waals surface area contributed by atoms with Gasteiger partial charge in [-0.3, -0.25) is 14.5 Å². The lowest BCUT2D eigenvalue weighted by molar-refractivity contribution is -0.139. The summed E-state index contributed by atoms with van der Waals surface area (Å²) in [6.07, 6.45) is 1.67. The SMILES string of the molecule is CC(=O)N1[C@H]2CCN(CC(=O)N3CCOCC3)C[C@@H]2C[C@]1(C)CO. The molecule has 0 bridgehead atoms. The van der Waals surface area contributed by atoms with E-state index in [0.29, 0.717) is 38.8 Å². The van der Waals surface area contributed by atoms with Gasteiger partial charge in [0, 0.05) is 39.1 Å². The van der Waals surface area contributed by atoms with Crippen molar-refractivity contribution >= 4 is 11.8 Å². The highest BCUT2D eigenvalue weighted by Crippen LogP contribution is 2.41. The molecule has 24 heavy (non-hydrogen) atoms. The molecule has 3 atom stereocenters. The highest BCUT2D eigenvalue weighted by molar-refractivity contribution is 5.78. The monoisotopic (exact) mass is 339 g/mol. The van der Waals surface area contributed by atoms with Gasteiger partial charge in [0.2, 0.25) is 11.8 Å². The number of rotatable bonds is 3. The zero-order valence-electron chi connectivity index (χ0n) is 14.7. The minimum atomic E-state index is -0.467. The van der Waals surface area contributed by atoms with Crippen molar-refractivity contribution in [2.24, 2.45) is 5.92 Å². The third-order valence-electron chi connectivity index (χ3n) is 5.80. The van der Waals surface area contributed by atoms with Crippen molar-refractivity contribution in [1.82, 2.24) is 14.7 Å². The van der Waals surface area contributed by atoms with E-state index in [9.17, 15) is 14.7 Å². The zero-order valence-corrected chi connectivity index (χ0v) is 14.7. The Balaban J connectivity index is 1.60. The van der Waals surface area contributed by atoms with E-state index in [1.807, 2.05) is 16.7 Å². The molecule has 3 aliphatic rings. The molecule has 0 saturated carbocycles. The summed E-state index contributed by atoms with van der Waals surface area (Å²) < 4.78 is 5.30. The number of fused-ring (bicyclic) bond motifs is 1. The van der Waals surface area contributed by atoms with Crippen LogP contribution in [0.5, 0.6) is 0 Å². The van der Waals surface area contributed by atoms with E-state index >= 15 is 0 Å². The van der Waals surface area contributed by atoms with Crippen LogP contribution in [0, 0.1) is 5.92 Å². The van der Waals surface area contributed by atoms with E-state index in [1.54, 1.807) is 6.92 Å². The van der Waals surface area contributed by atoms with Crippen molar-refractivity contribution in [2.75, 3.05) is 52.5 Å². The molecule has 1 N–H and O–H groups in total. The Morgan fingerprint density at radius 3 is 2.58 bits per heavy atom. The molecule has 0 aromatic heterocycles. The van der Waals surface area contributed by atoms with Crippen LogP contribution in [0.4, 0.5) is 0 Å². The molecule has 0 unspecified atom stereocenters. The van der Waals surface area contributed by atoms with Crippen molar-refractivity contribution in [1.29, 1.82) is 0 Å². The fourth-order valence-corrected chi connectivity index (χ4v) is 4.70. The van der Waals surface area contributed by atoms with Crippen molar-refractivity contribution in [2.45, 2.75) is 38.3 Å². The molecule has 0 spiro atoms. The van der Waals surface area contributed by atoms with Crippen molar-refractivity contribution in [3.63, 3.8) is 0 Å². The summed E-state index contributed by atoms with van der Waals surface area (Å²) in [5.41, 5.74) is -0.467. The molecule has 0 aliphatic carbocycles. The molecule has 7 nitrogen and oxygen atoms in total. The van der Waals surface area contributed by atoms with Crippen LogP contribution in [-0.2, 0) is 14.3 Å². The average Bonchev–Trinajstić information content (AvgIpc) is 2.87. The second kappa shape index (κ2) is 6.98. The van der Waals surface area contributed by atoms with E-state index < -0.39 is 5.54 Å². The van der Waals surface area contributed by atoms with Crippen molar-refractivity contribution in [3.8, 4) is 0 Å². The summed E-state index contributed by atoms with van der Waals surface area (Å²) >= 11 is 0. The predicted molar refractivity (Wildman–Crippen MR) is 88.4 cm³/mol. The number of carbonyl (C=O) groups is 2. The molecule has 0 radical (unpaired) electrons. The molecule has 3 heterocycles. The number of amides is 2. The molecule has 3 rings (SSSR count). The maximum atomic E-state index is 12.4. The van der Waals surface area contributed by atoms with Gasteiger partial charge in [-0.2, -0.15) is 0 Å². The normalized spacial score (nSPS) is 34.3. The number of hydrogen-bond donors (Lipinski definition) is 1. The first-order valence-electron chi connectivity index (χ1n) is 8.93. The van der Waals surface area contributed by atoms with Crippen LogP contribution >= 0.6 is 0 Å². The van der Waals surface area contributed by atoms with E-state index in [1.165, 1.54) is 0 Å². The van der Waals surface area contributed by atoms with Crippen LogP contribution in [-0.4, -0.2) is 95.7 Å². The van der Waals surface area contributed by atoms with Crippen LogP contribution in [0.25, 0.3) is 0 Å². The number of nitrogens with zero attached hydrogens (tertiary/aromatic N) is 3. The first kappa shape index (κ1) is 17.6. The minimum Gasteiger partial charge on any atom is -0.394 e. The average molecular weight is 339 g/mol. The summed E-state index contributed by atoms with van der Waals surface area (Å²) in [7, 11) is 0. The van der Waals surface area contributed by atoms with Crippen LogP contribution in [0.15, 0.2) is 0 Å². The summed E-state index contributed by atoms with van der Waals surface area (Å²) in [6, 6.07) is 0.189. The van der Waals surface area contributed by atoms with Gasteiger partial charge in [-0.15, -0.1) is 0 Å². The Morgan fingerprint density at radius 1 is 1.25 bits per heavy atom. The maximum absolute atomic E-state index is 12.4. The number of ether oxygens (including phenoxy) is 1. The van der Waals surface area contributed by atoms with Crippen molar-refractivity contribution < 1.29 is 19.4 Å². The number of likely N-dealkylation sites (tertiary alicyclic amines) is 2. The molecule has 3 aliphatic heterocycles. The Bertz CT molecular complexity index is 494. The fourth-order valence-electron chi connectivity index (χ4n) is 4.70. The minimum absolute atomic E-state index is 0.00765. The van der Waals surface area contributed by atoms with Gasteiger partial charge in [-0.25, -0.2) is 0 Å². The topological polar surface area (TPSA) is 73.3 Å². The highest BCUT2D eigenvalue weighted by atomic mass is 16.5. The summed E-state index contributed by atoms with van der Waals surface area (Å²) in [6.45, 7) is 8.24. The quantitative estimate of drug-likeness (QED) is 0.753.